The molecule has 0 N–H and O–H groups in total. The van der Waals surface area contributed by atoms with Gasteiger partial charge < -0.3 is 19.3 Å². The van der Waals surface area contributed by atoms with Crippen LogP contribution >= 0.6 is 0 Å². The third kappa shape index (κ3) is 3.85. The lowest BCUT2D eigenvalue weighted by Crippen LogP contribution is -2.66. The molecule has 1 spiro atoms. The summed E-state index contributed by atoms with van der Waals surface area (Å²) in [5.74, 6) is 0.430. The van der Waals surface area contributed by atoms with Crippen molar-refractivity contribution in [1.29, 1.82) is 0 Å². The summed E-state index contributed by atoms with van der Waals surface area (Å²) >= 11 is 0. The Hall–Kier alpha value is -2.60. The summed E-state index contributed by atoms with van der Waals surface area (Å²) < 4.78 is 12.1. The highest BCUT2D eigenvalue weighted by Gasteiger charge is 2.50. The molecule has 1 atom stereocenters. The number of rotatable bonds is 6. The summed E-state index contributed by atoms with van der Waals surface area (Å²) in [5.41, 5.74) is 0.698. The topological polar surface area (TPSA) is 59.1 Å². The molecule has 172 valence electrons. The number of amides is 2. The number of fused-ring (bicyclic) bond motifs is 1. The maximum absolute atomic E-state index is 13.7. The van der Waals surface area contributed by atoms with Crippen molar-refractivity contribution in [1.82, 2.24) is 9.80 Å². The summed E-state index contributed by atoms with van der Waals surface area (Å²) in [7, 11) is 0. The first-order valence-electron chi connectivity index (χ1n) is 11.6. The van der Waals surface area contributed by atoms with Crippen LogP contribution in [0.2, 0.25) is 0 Å². The van der Waals surface area contributed by atoms with Crippen LogP contribution in [0.4, 0.5) is 0 Å². The van der Waals surface area contributed by atoms with E-state index in [0.29, 0.717) is 50.5 Å². The maximum Gasteiger partial charge on any atom is 0.258 e. The van der Waals surface area contributed by atoms with Crippen molar-refractivity contribution in [2.24, 2.45) is 0 Å². The van der Waals surface area contributed by atoms with Gasteiger partial charge in [0.05, 0.1) is 30.9 Å². The van der Waals surface area contributed by atoms with Gasteiger partial charge in [-0.2, -0.15) is 0 Å². The molecule has 2 amide bonds. The van der Waals surface area contributed by atoms with Gasteiger partial charge in [0.15, 0.2) is 0 Å². The van der Waals surface area contributed by atoms with E-state index in [0.717, 1.165) is 24.8 Å². The second kappa shape index (κ2) is 8.74. The second-order valence-corrected chi connectivity index (χ2v) is 9.46. The fraction of sp³-hybridized carbons (Fsp3) is 0.538. The molecule has 0 aliphatic carbocycles. The minimum Gasteiger partial charge on any atom is -0.484 e. The van der Waals surface area contributed by atoms with Gasteiger partial charge >= 0.3 is 0 Å². The Morgan fingerprint density at radius 1 is 1.19 bits per heavy atom. The number of ether oxygens (including phenoxy) is 2. The summed E-state index contributed by atoms with van der Waals surface area (Å²) in [5, 5.41) is 0. The quantitative estimate of drug-likeness (QED) is 0.633. The highest BCUT2D eigenvalue weighted by molar-refractivity contribution is 6.00. The van der Waals surface area contributed by atoms with Crippen LogP contribution < -0.4 is 4.74 Å². The average Bonchev–Trinajstić information content (AvgIpc) is 2.88. The summed E-state index contributed by atoms with van der Waals surface area (Å²) in [4.78, 5) is 31.1. The van der Waals surface area contributed by atoms with Crippen LogP contribution in [0.15, 0.2) is 43.5 Å². The van der Waals surface area contributed by atoms with Gasteiger partial charge in [-0.1, -0.05) is 23.8 Å². The molecule has 0 bridgehead atoms. The minimum absolute atomic E-state index is 0.0217. The molecule has 2 fully saturated rings. The van der Waals surface area contributed by atoms with Crippen LogP contribution in [0, 0.1) is 6.92 Å². The molecule has 3 heterocycles. The van der Waals surface area contributed by atoms with E-state index < -0.39 is 11.6 Å². The Morgan fingerprint density at radius 2 is 1.88 bits per heavy atom. The van der Waals surface area contributed by atoms with Crippen molar-refractivity contribution in [3.05, 3.63) is 54.6 Å². The van der Waals surface area contributed by atoms with Gasteiger partial charge in [0.1, 0.15) is 17.4 Å². The van der Waals surface area contributed by atoms with E-state index in [-0.39, 0.29) is 17.4 Å². The summed E-state index contributed by atoms with van der Waals surface area (Å²) in [6.45, 7) is 13.8. The van der Waals surface area contributed by atoms with Crippen LogP contribution in [-0.2, 0) is 9.53 Å². The molecule has 0 radical (unpaired) electrons. The van der Waals surface area contributed by atoms with Crippen LogP contribution in [0.5, 0.6) is 5.75 Å². The van der Waals surface area contributed by atoms with Crippen LogP contribution in [-0.4, -0.2) is 65.1 Å². The summed E-state index contributed by atoms with van der Waals surface area (Å²) in [6, 6.07) is 5.11. The fourth-order valence-electron chi connectivity index (χ4n) is 5.31. The Balaban J connectivity index is 1.67. The molecule has 2 saturated heterocycles. The molecule has 1 aromatic carbocycles. The molecular formula is C26H34N2O4. The van der Waals surface area contributed by atoms with Crippen LogP contribution in [0.25, 0.3) is 0 Å². The van der Waals surface area contributed by atoms with E-state index in [9.17, 15) is 9.59 Å². The van der Waals surface area contributed by atoms with Crippen molar-refractivity contribution < 1.29 is 19.1 Å². The van der Waals surface area contributed by atoms with Gasteiger partial charge in [-0.15, -0.1) is 13.2 Å². The number of carbonyl (C=O) groups is 2. The third-order valence-corrected chi connectivity index (χ3v) is 7.33. The van der Waals surface area contributed by atoms with Gasteiger partial charge in [-0.3, -0.25) is 9.59 Å². The minimum atomic E-state index is -0.591. The van der Waals surface area contributed by atoms with Gasteiger partial charge in [-0.25, -0.2) is 0 Å². The first kappa shape index (κ1) is 22.6. The van der Waals surface area contributed by atoms with Crippen molar-refractivity contribution >= 4 is 11.8 Å². The number of carbonyl (C=O) groups excluding carboxylic acids is 2. The SMILES string of the molecule is C=CCC1(CC=C)CCN1C(=O)C(C)N1CC2(CCOCC2)Oc2ccc(C)cc2C1=O. The Kier molecular flexibility index (Phi) is 6.17. The van der Waals surface area contributed by atoms with E-state index >= 15 is 0 Å². The monoisotopic (exact) mass is 438 g/mol. The fourth-order valence-corrected chi connectivity index (χ4v) is 5.31. The van der Waals surface area contributed by atoms with E-state index in [4.69, 9.17) is 9.47 Å². The zero-order valence-corrected chi connectivity index (χ0v) is 19.3. The molecular weight excluding hydrogens is 404 g/mol. The molecule has 0 aromatic heterocycles. The first-order chi connectivity index (χ1) is 15.3. The Morgan fingerprint density at radius 3 is 2.47 bits per heavy atom. The van der Waals surface area contributed by atoms with Crippen molar-refractivity contribution in [3.8, 4) is 5.75 Å². The highest BCUT2D eigenvalue weighted by Crippen LogP contribution is 2.40. The molecule has 4 rings (SSSR count). The van der Waals surface area contributed by atoms with E-state index in [2.05, 4.69) is 13.2 Å². The second-order valence-electron chi connectivity index (χ2n) is 9.46. The van der Waals surface area contributed by atoms with Crippen molar-refractivity contribution in [3.63, 3.8) is 0 Å². The largest absolute Gasteiger partial charge is 0.484 e. The number of hydrogen-bond acceptors (Lipinski definition) is 4. The van der Waals surface area contributed by atoms with Gasteiger partial charge in [0, 0.05) is 19.4 Å². The molecule has 3 aliphatic heterocycles. The lowest BCUT2D eigenvalue weighted by molar-refractivity contribution is -0.152. The lowest BCUT2D eigenvalue weighted by atomic mass is 9.78. The molecule has 6 nitrogen and oxygen atoms in total. The average molecular weight is 439 g/mol. The van der Waals surface area contributed by atoms with E-state index in [1.165, 1.54) is 0 Å². The smallest absolute Gasteiger partial charge is 0.258 e. The van der Waals surface area contributed by atoms with Gasteiger partial charge in [-0.05, 0) is 45.2 Å². The molecule has 32 heavy (non-hydrogen) atoms. The standard InChI is InChI=1S/C26H34N2O4/c1-5-9-25(10-6-2)11-14-28(25)23(29)20(4)27-18-26(12-15-31-16-13-26)32-22-8-7-19(3)17-21(22)24(27)30/h5-8,17,20H,1-2,9-16,18H2,3-4H3. The zero-order chi connectivity index (χ0) is 22.9. The van der Waals surface area contributed by atoms with E-state index in [1.807, 2.05) is 49.1 Å². The van der Waals surface area contributed by atoms with Crippen molar-refractivity contribution in [2.75, 3.05) is 26.3 Å². The van der Waals surface area contributed by atoms with Gasteiger partial charge in [0.25, 0.3) is 5.91 Å². The summed E-state index contributed by atoms with van der Waals surface area (Å²) in [6.07, 6.45) is 7.47. The third-order valence-electron chi connectivity index (χ3n) is 7.33. The number of aryl methyl sites for hydroxylation is 1. The lowest BCUT2D eigenvalue weighted by Gasteiger charge is -2.54. The highest BCUT2D eigenvalue weighted by atomic mass is 16.5. The van der Waals surface area contributed by atoms with Crippen LogP contribution in [0.1, 0.15) is 54.9 Å². The molecule has 6 heteroatoms. The maximum atomic E-state index is 13.7. The Labute approximate surface area is 190 Å². The van der Waals surface area contributed by atoms with Crippen molar-refractivity contribution in [2.45, 2.75) is 63.1 Å². The number of likely N-dealkylation sites (tertiary alicyclic amines) is 1. The first-order valence-corrected chi connectivity index (χ1v) is 11.6. The molecule has 3 aliphatic rings. The Bertz CT molecular complexity index is 908. The van der Waals surface area contributed by atoms with Crippen LogP contribution in [0.3, 0.4) is 0 Å². The molecule has 1 unspecified atom stereocenters. The molecule has 1 aromatic rings. The number of nitrogens with zero attached hydrogens (tertiary/aromatic N) is 2. The predicted molar refractivity (Wildman–Crippen MR) is 124 cm³/mol. The number of hydrogen-bond donors (Lipinski definition) is 0. The number of benzene rings is 1. The normalized spacial score (nSPS) is 22.2. The van der Waals surface area contributed by atoms with Gasteiger partial charge in [0.2, 0.25) is 5.91 Å². The molecule has 0 saturated carbocycles. The predicted octanol–water partition coefficient (Wildman–Crippen LogP) is 3.89. The zero-order valence-electron chi connectivity index (χ0n) is 19.3. The van der Waals surface area contributed by atoms with E-state index in [1.54, 1.807) is 4.90 Å².